The van der Waals surface area contributed by atoms with Crippen LogP contribution in [0, 0.1) is 40.7 Å². The first kappa shape index (κ1) is 26.6. The second-order valence-electron chi connectivity index (χ2n) is 9.20. The highest BCUT2D eigenvalue weighted by molar-refractivity contribution is 5.67. The van der Waals surface area contributed by atoms with Crippen LogP contribution in [0.15, 0.2) is 60.7 Å². The highest BCUT2D eigenvalue weighted by atomic mass is 19.3. The molecule has 10 heteroatoms. The predicted molar refractivity (Wildman–Crippen MR) is 125 cm³/mol. The van der Waals surface area contributed by atoms with E-state index in [1.54, 1.807) is 12.1 Å². The maximum Gasteiger partial charge on any atom is 0.432 e. The summed E-state index contributed by atoms with van der Waals surface area (Å²) >= 11 is 0. The number of benzene rings is 4. The van der Waals surface area contributed by atoms with E-state index < -0.39 is 69.3 Å². The van der Waals surface area contributed by atoms with Crippen LogP contribution in [0.1, 0.15) is 36.3 Å². The van der Waals surface area contributed by atoms with Gasteiger partial charge < -0.3 is 4.74 Å². The predicted octanol–water partition coefficient (Wildman–Crippen LogP) is 9.39. The summed E-state index contributed by atoms with van der Waals surface area (Å²) in [7, 11) is 0. The summed E-state index contributed by atoms with van der Waals surface area (Å²) in [6, 6.07) is 9.34. The van der Waals surface area contributed by atoms with Crippen molar-refractivity contribution < 1.29 is 44.3 Å². The van der Waals surface area contributed by atoms with Gasteiger partial charge in [-0.2, -0.15) is 8.78 Å². The molecule has 0 heterocycles. The summed E-state index contributed by atoms with van der Waals surface area (Å²) in [6.45, 7) is 0. The molecular weight excluding hydrogens is 535 g/mol. The Bertz CT molecular complexity index is 1490. The molecule has 0 spiro atoms. The van der Waals surface area contributed by atoms with E-state index in [2.05, 4.69) is 4.74 Å². The zero-order valence-electron chi connectivity index (χ0n) is 19.8. The summed E-state index contributed by atoms with van der Waals surface area (Å²) < 4.78 is 133. The Kier molecular flexibility index (Phi) is 6.82. The van der Waals surface area contributed by atoms with Crippen LogP contribution in [0.3, 0.4) is 0 Å². The van der Waals surface area contributed by atoms with Gasteiger partial charge in [0.2, 0.25) is 0 Å². The Morgan fingerprint density at radius 2 is 1.10 bits per heavy atom. The standard InChI is InChI=1S/C29H17F9O/c30-20-12-19(13-21(31)26(20)18-10-24(34)28(36)25(35)11-18)39-29(37,38)27-22(32)8-17(9-23(27)33)16-6-4-15(5-7-16)14-2-1-3-14/h4-14H,1-3H2. The van der Waals surface area contributed by atoms with Crippen LogP contribution in [-0.2, 0) is 6.11 Å². The molecule has 0 amide bonds. The monoisotopic (exact) mass is 552 g/mol. The van der Waals surface area contributed by atoms with Crippen molar-refractivity contribution in [2.75, 3.05) is 0 Å². The third-order valence-electron chi connectivity index (χ3n) is 6.69. The molecule has 1 aliphatic rings. The van der Waals surface area contributed by atoms with Crippen molar-refractivity contribution in [2.24, 2.45) is 0 Å². The molecule has 0 saturated heterocycles. The van der Waals surface area contributed by atoms with Crippen LogP contribution in [0.4, 0.5) is 39.5 Å². The second-order valence-corrected chi connectivity index (χ2v) is 9.20. The molecule has 0 aromatic heterocycles. The van der Waals surface area contributed by atoms with Crippen LogP contribution in [0.2, 0.25) is 0 Å². The number of ether oxygens (including phenoxy) is 1. The van der Waals surface area contributed by atoms with E-state index >= 15 is 0 Å². The number of alkyl halides is 2. The van der Waals surface area contributed by atoms with Gasteiger partial charge in [-0.3, -0.25) is 0 Å². The molecule has 5 rings (SSSR count). The van der Waals surface area contributed by atoms with Gasteiger partial charge in [0.1, 0.15) is 34.6 Å². The van der Waals surface area contributed by atoms with E-state index in [1.165, 1.54) is 0 Å². The summed E-state index contributed by atoms with van der Waals surface area (Å²) in [5, 5.41) is 0. The van der Waals surface area contributed by atoms with Gasteiger partial charge in [-0.05, 0) is 65.3 Å². The van der Waals surface area contributed by atoms with Gasteiger partial charge in [0.05, 0.1) is 5.56 Å². The molecule has 202 valence electrons. The normalized spacial score (nSPS) is 13.9. The molecule has 4 aromatic rings. The zero-order valence-corrected chi connectivity index (χ0v) is 19.8. The minimum absolute atomic E-state index is 0.00934. The summed E-state index contributed by atoms with van der Waals surface area (Å²) in [5.41, 5.74) is -2.15. The van der Waals surface area contributed by atoms with Gasteiger partial charge in [-0.25, -0.2) is 30.7 Å². The second kappa shape index (κ2) is 9.98. The molecule has 1 saturated carbocycles. The van der Waals surface area contributed by atoms with Crippen LogP contribution >= 0.6 is 0 Å². The topological polar surface area (TPSA) is 9.23 Å². The Balaban J connectivity index is 1.42. The number of hydrogen-bond donors (Lipinski definition) is 0. The first-order chi connectivity index (χ1) is 18.4. The lowest BCUT2D eigenvalue weighted by atomic mass is 9.80. The van der Waals surface area contributed by atoms with Crippen LogP contribution < -0.4 is 4.74 Å². The summed E-state index contributed by atoms with van der Waals surface area (Å²) in [4.78, 5) is 0. The van der Waals surface area contributed by atoms with E-state index in [-0.39, 0.29) is 17.7 Å². The molecule has 1 nitrogen and oxygen atoms in total. The van der Waals surface area contributed by atoms with E-state index in [0.29, 0.717) is 35.7 Å². The highest BCUT2D eigenvalue weighted by Gasteiger charge is 2.41. The molecule has 0 radical (unpaired) electrons. The lowest BCUT2D eigenvalue weighted by Gasteiger charge is -2.25. The largest absolute Gasteiger partial charge is 0.432 e. The van der Waals surface area contributed by atoms with Crippen molar-refractivity contribution in [3.8, 4) is 28.0 Å². The summed E-state index contributed by atoms with van der Waals surface area (Å²) in [6.07, 6.45) is -1.49. The Labute approximate surface area is 216 Å². The van der Waals surface area contributed by atoms with Crippen molar-refractivity contribution >= 4 is 0 Å². The van der Waals surface area contributed by atoms with Crippen LogP contribution in [-0.4, -0.2) is 0 Å². The van der Waals surface area contributed by atoms with Gasteiger partial charge in [0.25, 0.3) is 0 Å². The first-order valence-corrected chi connectivity index (χ1v) is 11.7. The third-order valence-corrected chi connectivity index (χ3v) is 6.69. The molecule has 0 unspecified atom stereocenters. The lowest BCUT2D eigenvalue weighted by molar-refractivity contribution is -0.189. The summed E-state index contributed by atoms with van der Waals surface area (Å²) in [5.74, 6) is -12.6. The minimum Gasteiger partial charge on any atom is -0.429 e. The molecule has 4 aromatic carbocycles. The number of hydrogen-bond acceptors (Lipinski definition) is 1. The van der Waals surface area contributed by atoms with Gasteiger partial charge in [-0.15, -0.1) is 0 Å². The Morgan fingerprint density at radius 3 is 1.59 bits per heavy atom. The smallest absolute Gasteiger partial charge is 0.429 e. The molecule has 0 atom stereocenters. The van der Waals surface area contributed by atoms with E-state index in [4.69, 9.17) is 0 Å². The average Bonchev–Trinajstić information content (AvgIpc) is 2.80. The third kappa shape index (κ3) is 5.07. The SMILES string of the molecule is Fc1cc(-c2c(F)cc(OC(F)(F)c3c(F)cc(-c4ccc(C5CCC5)cc4)cc3F)cc2F)cc(F)c1F. The Hall–Kier alpha value is -3.95. The zero-order chi connectivity index (χ0) is 28.1. The van der Waals surface area contributed by atoms with E-state index in [9.17, 15) is 39.5 Å². The minimum atomic E-state index is -4.71. The number of rotatable bonds is 6. The van der Waals surface area contributed by atoms with Crippen molar-refractivity contribution in [3.63, 3.8) is 0 Å². The number of halogens is 9. The Morgan fingerprint density at radius 1 is 0.590 bits per heavy atom. The fourth-order valence-electron chi connectivity index (χ4n) is 4.49. The quantitative estimate of drug-likeness (QED) is 0.171. The van der Waals surface area contributed by atoms with Crippen molar-refractivity contribution in [1.29, 1.82) is 0 Å². The fourth-order valence-corrected chi connectivity index (χ4v) is 4.49. The average molecular weight is 552 g/mol. The molecule has 1 aliphatic carbocycles. The van der Waals surface area contributed by atoms with E-state index in [0.717, 1.165) is 24.8 Å². The van der Waals surface area contributed by atoms with Gasteiger partial charge in [0.15, 0.2) is 17.5 Å². The maximum atomic E-state index is 14.8. The van der Waals surface area contributed by atoms with Crippen molar-refractivity contribution in [2.45, 2.75) is 31.3 Å². The molecule has 0 bridgehead atoms. The lowest BCUT2D eigenvalue weighted by Crippen LogP contribution is -2.25. The van der Waals surface area contributed by atoms with Crippen LogP contribution in [0.5, 0.6) is 5.75 Å². The van der Waals surface area contributed by atoms with Gasteiger partial charge in [-0.1, -0.05) is 30.7 Å². The highest BCUT2D eigenvalue weighted by Crippen LogP contribution is 2.40. The maximum absolute atomic E-state index is 14.8. The molecule has 0 aliphatic heterocycles. The molecule has 0 N–H and O–H groups in total. The van der Waals surface area contributed by atoms with Gasteiger partial charge >= 0.3 is 6.11 Å². The first-order valence-electron chi connectivity index (χ1n) is 11.7. The van der Waals surface area contributed by atoms with Gasteiger partial charge in [0, 0.05) is 12.1 Å². The molecular formula is C29H17F9O. The van der Waals surface area contributed by atoms with Crippen molar-refractivity contribution in [1.82, 2.24) is 0 Å². The molecule has 1 fully saturated rings. The molecule has 39 heavy (non-hydrogen) atoms. The van der Waals surface area contributed by atoms with Crippen molar-refractivity contribution in [3.05, 3.63) is 113 Å². The fraction of sp³-hybridized carbons (Fsp3) is 0.172. The van der Waals surface area contributed by atoms with Crippen LogP contribution in [0.25, 0.3) is 22.3 Å². The van der Waals surface area contributed by atoms with E-state index in [1.807, 2.05) is 12.1 Å².